The lowest BCUT2D eigenvalue weighted by atomic mass is 9.97. The number of likely N-dealkylation sites (tertiary alicyclic amines) is 1. The molecule has 2 aromatic heterocycles. The van der Waals surface area contributed by atoms with Crippen molar-refractivity contribution in [3.05, 3.63) is 58.8 Å². The van der Waals surface area contributed by atoms with Crippen LogP contribution in [-0.2, 0) is 17.1 Å². The van der Waals surface area contributed by atoms with E-state index in [1.807, 2.05) is 29.3 Å². The average Bonchev–Trinajstić information content (AvgIpc) is 3.46. The number of hydrogen-bond donors (Lipinski definition) is 1. The summed E-state index contributed by atoms with van der Waals surface area (Å²) in [4.78, 5) is 20.4. The first-order valence-corrected chi connectivity index (χ1v) is 12.7. The molecule has 31 heavy (non-hydrogen) atoms. The van der Waals surface area contributed by atoms with Crippen molar-refractivity contribution in [2.75, 3.05) is 25.4 Å². The van der Waals surface area contributed by atoms with Crippen LogP contribution < -0.4 is 5.32 Å². The van der Waals surface area contributed by atoms with E-state index in [4.69, 9.17) is 4.52 Å². The fraction of sp³-hybridized carbons (Fsp3) is 0.435. The number of aromatic nitrogens is 2. The molecule has 1 fully saturated rings. The molecule has 4 rings (SSSR count). The summed E-state index contributed by atoms with van der Waals surface area (Å²) in [6.07, 6.45) is 1.94. The van der Waals surface area contributed by atoms with Gasteiger partial charge in [-0.2, -0.15) is 16.7 Å². The van der Waals surface area contributed by atoms with Gasteiger partial charge in [0.25, 0.3) is 0 Å². The summed E-state index contributed by atoms with van der Waals surface area (Å²) >= 11 is 3.45. The van der Waals surface area contributed by atoms with Gasteiger partial charge < -0.3 is 9.84 Å². The second-order valence-corrected chi connectivity index (χ2v) is 9.95. The first-order valence-electron chi connectivity index (χ1n) is 10.7. The molecule has 0 radical (unpaired) electrons. The van der Waals surface area contributed by atoms with Gasteiger partial charge >= 0.3 is 0 Å². The Morgan fingerprint density at radius 3 is 3.13 bits per heavy atom. The van der Waals surface area contributed by atoms with E-state index in [1.54, 1.807) is 11.3 Å². The molecule has 1 saturated heterocycles. The zero-order valence-electron chi connectivity index (χ0n) is 17.8. The molecule has 1 aliphatic heterocycles. The van der Waals surface area contributed by atoms with Crippen molar-refractivity contribution in [1.82, 2.24) is 20.4 Å². The fourth-order valence-electron chi connectivity index (χ4n) is 3.81. The number of thiophene rings is 1. The first kappa shape index (κ1) is 22.0. The van der Waals surface area contributed by atoms with Gasteiger partial charge in [0.15, 0.2) is 0 Å². The monoisotopic (exact) mass is 456 g/mol. The number of carbonyl (C=O) groups is 1. The Labute approximate surface area is 191 Å². The van der Waals surface area contributed by atoms with E-state index in [0.29, 0.717) is 24.8 Å². The highest BCUT2D eigenvalue weighted by atomic mass is 32.2. The number of aryl methyl sites for hydroxylation is 1. The first-order chi connectivity index (χ1) is 15.2. The summed E-state index contributed by atoms with van der Waals surface area (Å²) < 4.78 is 5.42. The summed E-state index contributed by atoms with van der Waals surface area (Å²) in [5.74, 6) is 3.33. The highest BCUT2D eigenvalue weighted by molar-refractivity contribution is 7.98. The number of amides is 1. The average molecular weight is 457 g/mol. The standard InChI is InChI=1S/C23H28N4O2S2/c1-17-5-2-6-18(13-17)16-30-12-9-24-23(28)19-7-3-10-27(14-19)15-21-25-22(26-29-21)20-8-4-11-31-20/h2,4-6,8,11,13,19H,3,7,9-10,12,14-16H2,1H3,(H,24,28). The third kappa shape index (κ3) is 6.41. The molecule has 8 heteroatoms. The van der Waals surface area contributed by atoms with Gasteiger partial charge in [0.1, 0.15) is 0 Å². The maximum atomic E-state index is 12.6. The summed E-state index contributed by atoms with van der Waals surface area (Å²) in [5.41, 5.74) is 2.62. The van der Waals surface area contributed by atoms with Gasteiger partial charge in [-0.25, -0.2) is 0 Å². The van der Waals surface area contributed by atoms with Crippen LogP contribution in [0.1, 0.15) is 29.9 Å². The van der Waals surface area contributed by atoms with Crippen LogP contribution in [0.5, 0.6) is 0 Å². The Balaban J connectivity index is 1.18. The van der Waals surface area contributed by atoms with E-state index in [9.17, 15) is 4.79 Å². The van der Waals surface area contributed by atoms with E-state index in [2.05, 4.69) is 51.5 Å². The SMILES string of the molecule is Cc1cccc(CSCCNC(=O)C2CCCN(Cc3nc(-c4cccs4)no3)C2)c1. The maximum absolute atomic E-state index is 12.6. The number of benzene rings is 1. The normalized spacial score (nSPS) is 17.0. The molecule has 3 heterocycles. The molecule has 0 aliphatic carbocycles. The number of piperidine rings is 1. The minimum absolute atomic E-state index is 0.0233. The van der Waals surface area contributed by atoms with Gasteiger partial charge in [-0.3, -0.25) is 9.69 Å². The number of thioether (sulfide) groups is 1. The van der Waals surface area contributed by atoms with Crippen molar-refractivity contribution in [2.45, 2.75) is 32.1 Å². The Morgan fingerprint density at radius 2 is 2.29 bits per heavy atom. The number of carbonyl (C=O) groups excluding carboxylic acids is 1. The minimum Gasteiger partial charge on any atom is -0.355 e. The predicted octanol–water partition coefficient (Wildman–Crippen LogP) is 4.37. The number of hydrogen-bond acceptors (Lipinski definition) is 7. The van der Waals surface area contributed by atoms with Crippen molar-refractivity contribution in [2.24, 2.45) is 5.92 Å². The van der Waals surface area contributed by atoms with Gasteiger partial charge in [0.05, 0.1) is 17.3 Å². The molecule has 3 aromatic rings. The van der Waals surface area contributed by atoms with E-state index in [0.717, 1.165) is 42.3 Å². The van der Waals surface area contributed by atoms with Crippen LogP contribution in [0.25, 0.3) is 10.7 Å². The van der Waals surface area contributed by atoms with Crippen molar-refractivity contribution in [3.8, 4) is 10.7 Å². The van der Waals surface area contributed by atoms with Crippen LogP contribution in [0.2, 0.25) is 0 Å². The lowest BCUT2D eigenvalue weighted by Gasteiger charge is -2.30. The van der Waals surface area contributed by atoms with Crippen molar-refractivity contribution in [1.29, 1.82) is 0 Å². The van der Waals surface area contributed by atoms with Gasteiger partial charge in [-0.15, -0.1) is 11.3 Å². The summed E-state index contributed by atoms with van der Waals surface area (Å²) in [6, 6.07) is 12.5. The molecular weight excluding hydrogens is 428 g/mol. The molecule has 1 amide bonds. The smallest absolute Gasteiger partial charge is 0.241 e. The molecule has 1 unspecified atom stereocenters. The topological polar surface area (TPSA) is 71.3 Å². The third-order valence-corrected chi connectivity index (χ3v) is 7.24. The van der Waals surface area contributed by atoms with Crippen LogP contribution >= 0.6 is 23.1 Å². The van der Waals surface area contributed by atoms with E-state index in [1.165, 1.54) is 11.1 Å². The van der Waals surface area contributed by atoms with E-state index < -0.39 is 0 Å². The molecule has 164 valence electrons. The van der Waals surface area contributed by atoms with Crippen LogP contribution in [0, 0.1) is 12.8 Å². The Hall–Kier alpha value is -2.16. The molecule has 6 nitrogen and oxygen atoms in total. The predicted molar refractivity (Wildman–Crippen MR) is 126 cm³/mol. The van der Waals surface area contributed by atoms with E-state index in [-0.39, 0.29) is 11.8 Å². The Bertz CT molecular complexity index is 974. The van der Waals surface area contributed by atoms with Gasteiger partial charge in [0, 0.05) is 24.6 Å². The van der Waals surface area contributed by atoms with Crippen molar-refractivity contribution < 1.29 is 9.32 Å². The lowest BCUT2D eigenvalue weighted by Crippen LogP contribution is -2.43. The molecule has 1 atom stereocenters. The second-order valence-electron chi connectivity index (χ2n) is 7.90. The molecule has 0 saturated carbocycles. The van der Waals surface area contributed by atoms with Gasteiger partial charge in [-0.05, 0) is 43.3 Å². The van der Waals surface area contributed by atoms with Crippen LogP contribution in [0.15, 0.2) is 46.3 Å². The third-order valence-electron chi connectivity index (χ3n) is 5.34. The Kier molecular flexibility index (Phi) is 7.77. The second kappa shape index (κ2) is 10.9. The summed E-state index contributed by atoms with van der Waals surface area (Å²) in [7, 11) is 0. The fourth-order valence-corrected chi connectivity index (χ4v) is 5.27. The minimum atomic E-state index is 0.0233. The molecule has 0 spiro atoms. The summed E-state index contributed by atoms with van der Waals surface area (Å²) in [5, 5.41) is 9.20. The number of nitrogens with one attached hydrogen (secondary N) is 1. The quantitative estimate of drug-likeness (QED) is 0.482. The highest BCUT2D eigenvalue weighted by Crippen LogP contribution is 2.23. The van der Waals surface area contributed by atoms with Gasteiger partial charge in [-0.1, -0.05) is 41.1 Å². The van der Waals surface area contributed by atoms with Gasteiger partial charge in [0.2, 0.25) is 17.6 Å². The number of rotatable bonds is 9. The molecule has 1 aliphatic rings. The largest absolute Gasteiger partial charge is 0.355 e. The molecule has 0 bridgehead atoms. The van der Waals surface area contributed by atoms with Crippen LogP contribution in [0.3, 0.4) is 0 Å². The molecule has 1 N–H and O–H groups in total. The highest BCUT2D eigenvalue weighted by Gasteiger charge is 2.26. The molecular formula is C23H28N4O2S2. The van der Waals surface area contributed by atoms with Crippen molar-refractivity contribution >= 4 is 29.0 Å². The zero-order chi connectivity index (χ0) is 21.5. The van der Waals surface area contributed by atoms with Crippen LogP contribution in [-0.4, -0.2) is 46.3 Å². The van der Waals surface area contributed by atoms with Crippen LogP contribution in [0.4, 0.5) is 0 Å². The Morgan fingerprint density at radius 1 is 1.35 bits per heavy atom. The van der Waals surface area contributed by atoms with E-state index >= 15 is 0 Å². The lowest BCUT2D eigenvalue weighted by molar-refractivity contribution is -0.126. The zero-order valence-corrected chi connectivity index (χ0v) is 19.4. The maximum Gasteiger partial charge on any atom is 0.241 e. The number of nitrogens with zero attached hydrogens (tertiary/aromatic N) is 3. The summed E-state index contributed by atoms with van der Waals surface area (Å²) in [6.45, 7) is 5.10. The van der Waals surface area contributed by atoms with Crippen molar-refractivity contribution in [3.63, 3.8) is 0 Å². The molecule has 1 aromatic carbocycles.